The molecule has 0 aliphatic heterocycles. The van der Waals surface area contributed by atoms with Crippen molar-refractivity contribution in [1.82, 2.24) is 9.97 Å². The van der Waals surface area contributed by atoms with Gasteiger partial charge in [0.2, 0.25) is 0 Å². The molecule has 0 aliphatic rings. The topological polar surface area (TPSA) is 75.9 Å². The van der Waals surface area contributed by atoms with Crippen LogP contribution in [0.25, 0.3) is 0 Å². The second-order valence-corrected chi connectivity index (χ2v) is 4.57. The van der Waals surface area contributed by atoms with Gasteiger partial charge < -0.3 is 10.7 Å². The van der Waals surface area contributed by atoms with Crippen LogP contribution in [0, 0.1) is 18.6 Å². The molecule has 0 fully saturated rings. The number of anilines is 2. The van der Waals surface area contributed by atoms with Gasteiger partial charge in [-0.3, -0.25) is 0 Å². The first-order valence-corrected chi connectivity index (χ1v) is 5.95. The van der Waals surface area contributed by atoms with Gasteiger partial charge >= 0.3 is 0 Å². The summed E-state index contributed by atoms with van der Waals surface area (Å²) in [6, 6.07) is 0.719. The summed E-state index contributed by atoms with van der Waals surface area (Å²) in [5.74, 6) is 3.16. The average Bonchev–Trinajstić information content (AvgIpc) is 2.74. The van der Waals surface area contributed by atoms with E-state index < -0.39 is 11.6 Å². The maximum Gasteiger partial charge on any atom is 0.178 e. The molecule has 0 aromatic carbocycles. The molecule has 2 aromatic rings. The van der Waals surface area contributed by atoms with Gasteiger partial charge in [-0.15, -0.1) is 11.3 Å². The number of aromatic nitrogens is 2. The summed E-state index contributed by atoms with van der Waals surface area (Å²) in [5, 5.41) is 5.51. The molecule has 4 N–H and O–H groups in total. The van der Waals surface area contributed by atoms with Crippen LogP contribution < -0.4 is 16.6 Å². The van der Waals surface area contributed by atoms with Crippen molar-refractivity contribution in [3.63, 3.8) is 0 Å². The predicted molar refractivity (Wildman–Crippen MR) is 66.1 cm³/mol. The van der Waals surface area contributed by atoms with Crippen LogP contribution in [0.4, 0.5) is 20.4 Å². The van der Waals surface area contributed by atoms with Gasteiger partial charge in [0.05, 0.1) is 17.2 Å². The van der Waals surface area contributed by atoms with Gasteiger partial charge in [-0.1, -0.05) is 0 Å². The van der Waals surface area contributed by atoms with Crippen molar-refractivity contribution in [2.75, 3.05) is 10.7 Å². The summed E-state index contributed by atoms with van der Waals surface area (Å²) in [4.78, 5) is 7.90. The van der Waals surface area contributed by atoms with E-state index in [0.717, 1.165) is 16.8 Å². The fourth-order valence-electron chi connectivity index (χ4n) is 1.36. The zero-order valence-corrected chi connectivity index (χ0v) is 10.3. The van der Waals surface area contributed by atoms with Crippen molar-refractivity contribution in [2.45, 2.75) is 13.5 Å². The number of nitrogen functional groups attached to an aromatic ring is 1. The minimum Gasteiger partial charge on any atom is -0.362 e. The van der Waals surface area contributed by atoms with Crippen LogP contribution in [0.3, 0.4) is 0 Å². The highest BCUT2D eigenvalue weighted by Crippen LogP contribution is 2.19. The fraction of sp³-hybridized carbons (Fsp3) is 0.200. The molecule has 0 amide bonds. The Morgan fingerprint density at radius 3 is 2.61 bits per heavy atom. The van der Waals surface area contributed by atoms with Crippen molar-refractivity contribution in [3.05, 3.63) is 33.8 Å². The zero-order valence-electron chi connectivity index (χ0n) is 9.50. The molecule has 0 atom stereocenters. The number of pyridine rings is 1. The Balaban J connectivity index is 2.13. The summed E-state index contributed by atoms with van der Waals surface area (Å²) < 4.78 is 26.5. The molecule has 0 bridgehead atoms. The van der Waals surface area contributed by atoms with Crippen molar-refractivity contribution in [2.24, 2.45) is 5.84 Å². The molecule has 0 spiro atoms. The molecular formula is C10H11F2N5S. The van der Waals surface area contributed by atoms with E-state index in [0.29, 0.717) is 6.54 Å². The van der Waals surface area contributed by atoms with E-state index in [4.69, 9.17) is 5.84 Å². The lowest BCUT2D eigenvalue weighted by Crippen LogP contribution is -2.13. The number of rotatable bonds is 4. The molecule has 0 aliphatic carbocycles. The van der Waals surface area contributed by atoms with E-state index in [9.17, 15) is 8.78 Å². The van der Waals surface area contributed by atoms with Crippen molar-refractivity contribution in [3.8, 4) is 0 Å². The maximum atomic E-state index is 13.4. The third-order valence-electron chi connectivity index (χ3n) is 2.17. The Bertz CT molecular complexity index is 557. The second kappa shape index (κ2) is 5.23. The Labute approximate surface area is 106 Å². The number of hydrazine groups is 1. The maximum absolute atomic E-state index is 13.4. The number of nitrogens with one attached hydrogen (secondary N) is 2. The van der Waals surface area contributed by atoms with Crippen LogP contribution in [-0.4, -0.2) is 9.97 Å². The number of halogens is 2. The molecule has 2 aromatic heterocycles. The molecule has 96 valence electrons. The highest BCUT2D eigenvalue weighted by molar-refractivity contribution is 7.09. The first-order valence-electron chi connectivity index (χ1n) is 5.07. The first kappa shape index (κ1) is 12.7. The molecule has 5 nitrogen and oxygen atoms in total. The van der Waals surface area contributed by atoms with E-state index >= 15 is 0 Å². The highest BCUT2D eigenvalue weighted by atomic mass is 32.1. The van der Waals surface area contributed by atoms with Crippen LogP contribution in [0.1, 0.15) is 10.7 Å². The summed E-state index contributed by atoms with van der Waals surface area (Å²) in [7, 11) is 0. The third kappa shape index (κ3) is 2.71. The molecule has 0 saturated carbocycles. The first-order chi connectivity index (χ1) is 8.60. The van der Waals surface area contributed by atoms with Gasteiger partial charge in [-0.05, 0) is 6.92 Å². The highest BCUT2D eigenvalue weighted by Gasteiger charge is 2.11. The van der Waals surface area contributed by atoms with Crippen molar-refractivity contribution >= 4 is 23.0 Å². The minimum absolute atomic E-state index is 0.0741. The van der Waals surface area contributed by atoms with Gasteiger partial charge in [0.15, 0.2) is 23.3 Å². The lowest BCUT2D eigenvalue weighted by Gasteiger charge is -2.08. The Hall–Kier alpha value is -1.80. The molecule has 2 heterocycles. The van der Waals surface area contributed by atoms with Gasteiger partial charge in [-0.2, -0.15) is 0 Å². The van der Waals surface area contributed by atoms with Gasteiger partial charge in [0.25, 0.3) is 0 Å². The molecule has 0 saturated heterocycles. The number of thiazole rings is 1. The molecule has 2 rings (SSSR count). The summed E-state index contributed by atoms with van der Waals surface area (Å²) in [6.45, 7) is 2.19. The lowest BCUT2D eigenvalue weighted by molar-refractivity contribution is 0.578. The van der Waals surface area contributed by atoms with Gasteiger partial charge in [-0.25, -0.2) is 24.6 Å². The van der Waals surface area contributed by atoms with Crippen LogP contribution in [-0.2, 0) is 6.54 Å². The van der Waals surface area contributed by atoms with E-state index in [1.54, 1.807) is 0 Å². The fourth-order valence-corrected chi connectivity index (χ4v) is 1.97. The van der Waals surface area contributed by atoms with Crippen molar-refractivity contribution in [1.29, 1.82) is 0 Å². The largest absolute Gasteiger partial charge is 0.362 e. The standard InChI is InChI=1S/C10H11F2N5S/c1-5-15-6(4-18-5)3-14-9-7(11)2-8(12)10(16-9)17-13/h2,4H,3,13H2,1H3,(H2,14,16,17). The van der Waals surface area contributed by atoms with E-state index in [2.05, 4.69) is 20.7 Å². The monoisotopic (exact) mass is 271 g/mol. The molecule has 8 heteroatoms. The molecular weight excluding hydrogens is 260 g/mol. The smallest absolute Gasteiger partial charge is 0.178 e. The normalized spacial score (nSPS) is 10.4. The number of nitrogens with two attached hydrogens (primary N) is 1. The Morgan fingerprint density at radius 1 is 1.28 bits per heavy atom. The summed E-state index contributed by atoms with van der Waals surface area (Å²) >= 11 is 1.50. The summed E-state index contributed by atoms with van der Waals surface area (Å²) in [5.41, 5.74) is 2.83. The van der Waals surface area contributed by atoms with Gasteiger partial charge in [0.1, 0.15) is 0 Å². The quantitative estimate of drug-likeness (QED) is 0.586. The number of nitrogens with zero attached hydrogens (tertiary/aromatic N) is 2. The number of hydrogen-bond donors (Lipinski definition) is 3. The van der Waals surface area contributed by atoms with Gasteiger partial charge in [0, 0.05) is 11.4 Å². The summed E-state index contributed by atoms with van der Waals surface area (Å²) in [6.07, 6.45) is 0. The van der Waals surface area contributed by atoms with Crippen LogP contribution in [0.5, 0.6) is 0 Å². The second-order valence-electron chi connectivity index (χ2n) is 3.50. The minimum atomic E-state index is -0.843. The predicted octanol–water partition coefficient (Wildman–Crippen LogP) is 2.02. The van der Waals surface area contributed by atoms with Crippen LogP contribution in [0.15, 0.2) is 11.4 Å². The zero-order chi connectivity index (χ0) is 13.1. The molecule has 0 radical (unpaired) electrons. The molecule has 18 heavy (non-hydrogen) atoms. The SMILES string of the molecule is Cc1nc(CNc2nc(NN)c(F)cc2F)cs1. The van der Waals surface area contributed by atoms with Crippen molar-refractivity contribution < 1.29 is 8.78 Å². The number of hydrogen-bond acceptors (Lipinski definition) is 6. The Morgan fingerprint density at radius 2 is 2.00 bits per heavy atom. The number of aryl methyl sites for hydroxylation is 1. The van der Waals surface area contributed by atoms with E-state index in [1.165, 1.54) is 11.3 Å². The van der Waals surface area contributed by atoms with Crippen LogP contribution in [0.2, 0.25) is 0 Å². The Kier molecular flexibility index (Phi) is 3.68. The van der Waals surface area contributed by atoms with E-state index in [-0.39, 0.29) is 11.6 Å². The van der Waals surface area contributed by atoms with Crippen LogP contribution >= 0.6 is 11.3 Å². The van der Waals surface area contributed by atoms with E-state index in [1.807, 2.05) is 12.3 Å². The third-order valence-corrected chi connectivity index (χ3v) is 2.99. The average molecular weight is 271 g/mol. The molecule has 0 unspecified atom stereocenters. The lowest BCUT2D eigenvalue weighted by atomic mass is 10.4.